The van der Waals surface area contributed by atoms with Gasteiger partial charge in [-0.3, -0.25) is 4.79 Å². The fourth-order valence-corrected chi connectivity index (χ4v) is 3.65. The number of ether oxygens (including phenoxy) is 2. The monoisotopic (exact) mass is 288 g/mol. The first-order chi connectivity index (χ1) is 10.3. The molecule has 0 unspecified atom stereocenters. The average Bonchev–Trinajstić information content (AvgIpc) is 2.86. The lowest BCUT2D eigenvalue weighted by Crippen LogP contribution is -2.41. The highest BCUT2D eigenvalue weighted by molar-refractivity contribution is 6.05. The van der Waals surface area contributed by atoms with Crippen molar-refractivity contribution in [2.24, 2.45) is 0 Å². The van der Waals surface area contributed by atoms with Gasteiger partial charge in [0.1, 0.15) is 11.4 Å². The SMILES string of the molecule is CCOC1(C(=O)c2cccc3c2OCC3)CCCCCC1. The molecule has 1 fully saturated rings. The Morgan fingerprint density at radius 2 is 2.00 bits per heavy atom. The minimum Gasteiger partial charge on any atom is -0.492 e. The van der Waals surface area contributed by atoms with Crippen molar-refractivity contribution < 1.29 is 14.3 Å². The zero-order valence-electron chi connectivity index (χ0n) is 12.8. The summed E-state index contributed by atoms with van der Waals surface area (Å²) >= 11 is 0. The number of carbonyl (C=O) groups excluding carboxylic acids is 1. The Labute approximate surface area is 126 Å². The maximum Gasteiger partial charge on any atom is 0.198 e. The Bertz CT molecular complexity index is 513. The van der Waals surface area contributed by atoms with E-state index in [0.29, 0.717) is 13.2 Å². The largest absolute Gasteiger partial charge is 0.492 e. The summed E-state index contributed by atoms with van der Waals surface area (Å²) in [5, 5.41) is 0. The van der Waals surface area contributed by atoms with Gasteiger partial charge in [0.15, 0.2) is 5.78 Å². The Hall–Kier alpha value is -1.35. The maximum atomic E-state index is 13.2. The van der Waals surface area contributed by atoms with Crippen LogP contribution in [0.4, 0.5) is 0 Å². The molecule has 1 aromatic carbocycles. The maximum absolute atomic E-state index is 13.2. The average molecular weight is 288 g/mol. The van der Waals surface area contributed by atoms with Crippen molar-refractivity contribution in [3.05, 3.63) is 29.3 Å². The van der Waals surface area contributed by atoms with Crippen molar-refractivity contribution in [1.82, 2.24) is 0 Å². The summed E-state index contributed by atoms with van der Waals surface area (Å²) in [5.74, 6) is 0.927. The van der Waals surface area contributed by atoms with Crippen molar-refractivity contribution in [3.8, 4) is 5.75 Å². The van der Waals surface area contributed by atoms with Gasteiger partial charge in [-0.2, -0.15) is 0 Å². The van der Waals surface area contributed by atoms with Crippen molar-refractivity contribution in [2.45, 2.75) is 57.5 Å². The molecule has 1 aliphatic heterocycles. The van der Waals surface area contributed by atoms with Gasteiger partial charge in [0.25, 0.3) is 0 Å². The predicted molar refractivity (Wildman–Crippen MR) is 82.0 cm³/mol. The van der Waals surface area contributed by atoms with Crippen LogP contribution in [0.25, 0.3) is 0 Å². The molecule has 0 aromatic heterocycles. The quantitative estimate of drug-likeness (QED) is 0.622. The van der Waals surface area contributed by atoms with Crippen LogP contribution in [0.15, 0.2) is 18.2 Å². The molecule has 1 heterocycles. The number of hydrogen-bond donors (Lipinski definition) is 0. The van der Waals surface area contributed by atoms with Crippen LogP contribution in [0.2, 0.25) is 0 Å². The van der Waals surface area contributed by atoms with Gasteiger partial charge in [0.05, 0.1) is 12.2 Å². The number of Topliss-reactive ketones (excluding diaryl/α,β-unsaturated/α-hetero) is 1. The van der Waals surface area contributed by atoms with Gasteiger partial charge in [0.2, 0.25) is 0 Å². The first kappa shape index (κ1) is 14.6. The molecule has 0 bridgehead atoms. The molecule has 1 saturated carbocycles. The molecule has 0 radical (unpaired) electrons. The lowest BCUT2D eigenvalue weighted by molar-refractivity contribution is -0.0294. The fraction of sp³-hybridized carbons (Fsp3) is 0.611. The molecule has 0 spiro atoms. The van der Waals surface area contributed by atoms with Crippen LogP contribution in [-0.2, 0) is 11.2 Å². The summed E-state index contributed by atoms with van der Waals surface area (Å²) in [7, 11) is 0. The fourth-order valence-electron chi connectivity index (χ4n) is 3.65. The Morgan fingerprint density at radius 1 is 1.24 bits per heavy atom. The third-order valence-electron chi connectivity index (χ3n) is 4.70. The summed E-state index contributed by atoms with van der Waals surface area (Å²) in [6.07, 6.45) is 7.12. The normalized spacial score (nSPS) is 20.4. The molecule has 0 atom stereocenters. The van der Waals surface area contributed by atoms with Gasteiger partial charge in [-0.05, 0) is 31.4 Å². The number of hydrogen-bond acceptors (Lipinski definition) is 3. The summed E-state index contributed by atoms with van der Waals surface area (Å²) in [6, 6.07) is 5.93. The van der Waals surface area contributed by atoms with Crippen LogP contribution in [0.1, 0.15) is 61.4 Å². The first-order valence-corrected chi connectivity index (χ1v) is 8.20. The van der Waals surface area contributed by atoms with Gasteiger partial charge >= 0.3 is 0 Å². The van der Waals surface area contributed by atoms with E-state index in [4.69, 9.17) is 9.47 Å². The molecule has 21 heavy (non-hydrogen) atoms. The molecule has 0 amide bonds. The van der Waals surface area contributed by atoms with Crippen LogP contribution in [0.3, 0.4) is 0 Å². The van der Waals surface area contributed by atoms with E-state index in [2.05, 4.69) is 6.07 Å². The smallest absolute Gasteiger partial charge is 0.198 e. The number of para-hydroxylation sites is 1. The first-order valence-electron chi connectivity index (χ1n) is 8.20. The van der Waals surface area contributed by atoms with E-state index in [0.717, 1.165) is 49.0 Å². The topological polar surface area (TPSA) is 35.5 Å². The van der Waals surface area contributed by atoms with E-state index < -0.39 is 5.60 Å². The summed E-state index contributed by atoms with van der Waals surface area (Å²) in [5.41, 5.74) is 1.24. The van der Waals surface area contributed by atoms with E-state index in [1.807, 2.05) is 19.1 Å². The van der Waals surface area contributed by atoms with E-state index in [-0.39, 0.29) is 5.78 Å². The lowest BCUT2D eigenvalue weighted by Gasteiger charge is -2.31. The van der Waals surface area contributed by atoms with Crippen molar-refractivity contribution in [2.75, 3.05) is 13.2 Å². The minimum absolute atomic E-state index is 0.130. The highest BCUT2D eigenvalue weighted by Gasteiger charge is 2.41. The molecule has 3 rings (SSSR count). The molecule has 3 heteroatoms. The summed E-state index contributed by atoms with van der Waals surface area (Å²) in [4.78, 5) is 13.2. The minimum atomic E-state index is -0.633. The van der Waals surface area contributed by atoms with Gasteiger partial charge in [0, 0.05) is 13.0 Å². The number of ketones is 1. The molecule has 1 aromatic rings. The van der Waals surface area contributed by atoms with E-state index in [1.54, 1.807) is 0 Å². The van der Waals surface area contributed by atoms with Gasteiger partial charge in [-0.15, -0.1) is 0 Å². The molecule has 0 N–H and O–H groups in total. The molecular weight excluding hydrogens is 264 g/mol. The van der Waals surface area contributed by atoms with Gasteiger partial charge < -0.3 is 9.47 Å². The molecule has 1 aliphatic carbocycles. The summed E-state index contributed by atoms with van der Waals surface area (Å²) < 4.78 is 11.7. The van der Waals surface area contributed by atoms with Crippen molar-refractivity contribution in [3.63, 3.8) is 0 Å². The van der Waals surface area contributed by atoms with Gasteiger partial charge in [-0.25, -0.2) is 0 Å². The number of carbonyl (C=O) groups is 1. The lowest BCUT2D eigenvalue weighted by atomic mass is 9.85. The third-order valence-corrected chi connectivity index (χ3v) is 4.70. The Morgan fingerprint density at radius 3 is 2.71 bits per heavy atom. The third kappa shape index (κ3) is 2.71. The Kier molecular flexibility index (Phi) is 4.29. The molecule has 2 aliphatic rings. The van der Waals surface area contributed by atoms with Gasteiger partial charge in [-0.1, -0.05) is 37.8 Å². The van der Waals surface area contributed by atoms with Crippen LogP contribution in [0.5, 0.6) is 5.75 Å². The highest BCUT2D eigenvalue weighted by Crippen LogP contribution is 2.38. The van der Waals surface area contributed by atoms with Crippen LogP contribution >= 0.6 is 0 Å². The summed E-state index contributed by atoms with van der Waals surface area (Å²) in [6.45, 7) is 3.24. The zero-order valence-corrected chi connectivity index (χ0v) is 12.8. The number of fused-ring (bicyclic) bond motifs is 1. The predicted octanol–water partition coefficient (Wildman–Crippen LogP) is 3.93. The van der Waals surface area contributed by atoms with Crippen molar-refractivity contribution >= 4 is 5.78 Å². The van der Waals surface area contributed by atoms with E-state index in [9.17, 15) is 4.79 Å². The molecule has 0 saturated heterocycles. The van der Waals surface area contributed by atoms with Crippen LogP contribution < -0.4 is 4.74 Å². The Balaban J connectivity index is 1.96. The van der Waals surface area contributed by atoms with E-state index >= 15 is 0 Å². The molecule has 3 nitrogen and oxygen atoms in total. The zero-order chi connectivity index (χ0) is 14.7. The standard InChI is InChI=1S/C18H24O3/c1-2-21-18(11-5-3-4-6-12-18)17(19)15-9-7-8-14-10-13-20-16(14)15/h7-9H,2-6,10-13H2,1H3. The number of benzene rings is 1. The van der Waals surface area contributed by atoms with Crippen LogP contribution in [0, 0.1) is 0 Å². The number of rotatable bonds is 4. The van der Waals surface area contributed by atoms with Crippen LogP contribution in [-0.4, -0.2) is 24.6 Å². The second kappa shape index (κ2) is 6.18. The molecular formula is C18H24O3. The second-order valence-corrected chi connectivity index (χ2v) is 6.06. The second-order valence-electron chi connectivity index (χ2n) is 6.06. The molecule has 114 valence electrons. The highest BCUT2D eigenvalue weighted by atomic mass is 16.5. The van der Waals surface area contributed by atoms with Crippen molar-refractivity contribution in [1.29, 1.82) is 0 Å². The van der Waals surface area contributed by atoms with E-state index in [1.165, 1.54) is 12.8 Å².